The Balaban J connectivity index is 1.95. The minimum absolute atomic E-state index is 0.159. The van der Waals surface area contributed by atoms with Gasteiger partial charge in [-0.2, -0.15) is 5.10 Å². The van der Waals surface area contributed by atoms with Crippen LogP contribution in [0.3, 0.4) is 0 Å². The predicted octanol–water partition coefficient (Wildman–Crippen LogP) is 4.19. The quantitative estimate of drug-likeness (QED) is 0.688. The molecule has 1 heterocycles. The van der Waals surface area contributed by atoms with E-state index in [2.05, 4.69) is 30.3 Å². The minimum Gasteiger partial charge on any atom is -0.496 e. The SMILES string of the molecule is COc1ccc(C)cc1CCNC(=O)/C=C/c1c(C)nn(CC(C)C)c1Cl. The fourth-order valence-electron chi connectivity index (χ4n) is 2.86. The Hall–Kier alpha value is -2.27. The van der Waals surface area contributed by atoms with Gasteiger partial charge in [-0.05, 0) is 43.9 Å². The third-order valence-electron chi connectivity index (χ3n) is 4.18. The second kappa shape index (κ2) is 9.60. The van der Waals surface area contributed by atoms with Crippen molar-refractivity contribution in [3.8, 4) is 5.75 Å². The molecule has 2 aromatic rings. The molecule has 0 bridgehead atoms. The van der Waals surface area contributed by atoms with Gasteiger partial charge in [-0.15, -0.1) is 0 Å². The van der Waals surface area contributed by atoms with E-state index in [1.807, 2.05) is 26.0 Å². The van der Waals surface area contributed by atoms with E-state index in [0.29, 0.717) is 24.0 Å². The first-order valence-corrected chi connectivity index (χ1v) is 9.52. The fourth-order valence-corrected chi connectivity index (χ4v) is 3.17. The highest BCUT2D eigenvalue weighted by atomic mass is 35.5. The van der Waals surface area contributed by atoms with Gasteiger partial charge in [-0.25, -0.2) is 0 Å². The van der Waals surface area contributed by atoms with Gasteiger partial charge in [-0.1, -0.05) is 43.1 Å². The van der Waals surface area contributed by atoms with Gasteiger partial charge in [0.05, 0.1) is 12.8 Å². The molecule has 6 heteroatoms. The molecule has 0 aliphatic rings. The normalized spacial score (nSPS) is 11.4. The summed E-state index contributed by atoms with van der Waals surface area (Å²) >= 11 is 6.39. The molecule has 0 saturated carbocycles. The van der Waals surface area contributed by atoms with Crippen molar-refractivity contribution in [1.29, 1.82) is 0 Å². The lowest BCUT2D eigenvalue weighted by Gasteiger charge is -2.09. The molecule has 0 saturated heterocycles. The predicted molar refractivity (Wildman–Crippen MR) is 110 cm³/mol. The largest absolute Gasteiger partial charge is 0.496 e. The maximum Gasteiger partial charge on any atom is 0.244 e. The molecule has 0 radical (unpaired) electrons. The average molecular weight is 390 g/mol. The second-order valence-electron chi connectivity index (χ2n) is 7.06. The Morgan fingerprint density at radius 3 is 2.78 bits per heavy atom. The van der Waals surface area contributed by atoms with Crippen molar-refractivity contribution < 1.29 is 9.53 Å². The van der Waals surface area contributed by atoms with Crippen LogP contribution in [0.15, 0.2) is 24.3 Å². The zero-order chi connectivity index (χ0) is 20.0. The first-order chi connectivity index (χ1) is 12.8. The summed E-state index contributed by atoms with van der Waals surface area (Å²) in [6, 6.07) is 6.04. The molecule has 0 fully saturated rings. The van der Waals surface area contributed by atoms with E-state index in [0.717, 1.165) is 29.1 Å². The van der Waals surface area contributed by atoms with Crippen LogP contribution < -0.4 is 10.1 Å². The monoisotopic (exact) mass is 389 g/mol. The Morgan fingerprint density at radius 2 is 2.11 bits per heavy atom. The summed E-state index contributed by atoms with van der Waals surface area (Å²) in [6.07, 6.45) is 3.93. The zero-order valence-corrected chi connectivity index (χ0v) is 17.4. The van der Waals surface area contributed by atoms with Crippen LogP contribution in [-0.2, 0) is 17.8 Å². The van der Waals surface area contributed by atoms with Crippen LogP contribution in [0.5, 0.6) is 5.75 Å². The maximum atomic E-state index is 12.1. The van der Waals surface area contributed by atoms with Gasteiger partial charge < -0.3 is 10.1 Å². The van der Waals surface area contributed by atoms with Crippen molar-refractivity contribution >= 4 is 23.6 Å². The molecule has 0 unspecified atom stereocenters. The standard InChI is InChI=1S/C21H28ClN3O2/c1-14(2)13-25-21(22)18(16(4)24-25)7-9-20(26)23-11-10-17-12-15(3)6-8-19(17)27-5/h6-9,12,14H,10-11,13H2,1-5H3,(H,23,26)/b9-7+. The zero-order valence-electron chi connectivity index (χ0n) is 16.7. The van der Waals surface area contributed by atoms with Crippen LogP contribution in [0.2, 0.25) is 5.15 Å². The van der Waals surface area contributed by atoms with Crippen LogP contribution >= 0.6 is 11.6 Å². The van der Waals surface area contributed by atoms with Crippen LogP contribution in [0.25, 0.3) is 6.08 Å². The second-order valence-corrected chi connectivity index (χ2v) is 7.41. The number of hydrogen-bond donors (Lipinski definition) is 1. The summed E-state index contributed by atoms with van der Waals surface area (Å²) in [4.78, 5) is 12.1. The van der Waals surface area contributed by atoms with Crippen molar-refractivity contribution in [2.24, 2.45) is 5.92 Å². The molecule has 0 spiro atoms. The number of carbonyl (C=O) groups excluding carboxylic acids is 1. The van der Waals surface area contributed by atoms with E-state index >= 15 is 0 Å². The smallest absolute Gasteiger partial charge is 0.244 e. The number of hydrogen-bond acceptors (Lipinski definition) is 3. The first kappa shape index (κ1) is 21.0. The summed E-state index contributed by atoms with van der Waals surface area (Å²) in [7, 11) is 1.65. The number of aromatic nitrogens is 2. The van der Waals surface area contributed by atoms with Gasteiger partial charge in [0.2, 0.25) is 5.91 Å². The average Bonchev–Trinajstić information content (AvgIpc) is 2.86. The molecule has 0 atom stereocenters. The molecule has 2 rings (SSSR count). The van der Waals surface area contributed by atoms with E-state index in [4.69, 9.17) is 16.3 Å². The number of methoxy groups -OCH3 is 1. The summed E-state index contributed by atoms with van der Waals surface area (Å²) in [5, 5.41) is 7.91. The molecule has 146 valence electrons. The molecule has 1 aromatic carbocycles. The molecular formula is C21H28ClN3O2. The fraction of sp³-hybridized carbons (Fsp3) is 0.429. The number of ether oxygens (including phenoxy) is 1. The lowest BCUT2D eigenvalue weighted by atomic mass is 10.1. The Bertz CT molecular complexity index is 825. The van der Waals surface area contributed by atoms with E-state index in [9.17, 15) is 4.79 Å². The molecular weight excluding hydrogens is 362 g/mol. The lowest BCUT2D eigenvalue weighted by Crippen LogP contribution is -2.23. The number of amides is 1. The number of halogens is 1. The van der Waals surface area contributed by atoms with Gasteiger partial charge in [0.15, 0.2) is 0 Å². The third kappa shape index (κ3) is 5.86. The minimum atomic E-state index is -0.159. The molecule has 1 aromatic heterocycles. The van der Waals surface area contributed by atoms with Crippen LogP contribution in [0.4, 0.5) is 0 Å². The molecule has 27 heavy (non-hydrogen) atoms. The Kier molecular flexibility index (Phi) is 7.48. The first-order valence-electron chi connectivity index (χ1n) is 9.14. The van der Waals surface area contributed by atoms with Crippen molar-refractivity contribution in [2.45, 2.75) is 40.7 Å². The molecule has 1 N–H and O–H groups in total. The Morgan fingerprint density at radius 1 is 1.37 bits per heavy atom. The topological polar surface area (TPSA) is 56.1 Å². The maximum absolute atomic E-state index is 12.1. The van der Waals surface area contributed by atoms with Gasteiger partial charge in [0.1, 0.15) is 10.9 Å². The molecule has 1 amide bonds. The Labute approximate surface area is 166 Å². The van der Waals surface area contributed by atoms with E-state index < -0.39 is 0 Å². The number of nitrogens with zero attached hydrogens (tertiary/aromatic N) is 2. The van der Waals surface area contributed by atoms with Crippen molar-refractivity contribution in [3.05, 3.63) is 51.8 Å². The van der Waals surface area contributed by atoms with E-state index in [-0.39, 0.29) is 5.91 Å². The van der Waals surface area contributed by atoms with Crippen molar-refractivity contribution in [3.63, 3.8) is 0 Å². The van der Waals surface area contributed by atoms with Crippen LogP contribution in [0, 0.1) is 19.8 Å². The van der Waals surface area contributed by atoms with E-state index in [1.54, 1.807) is 17.9 Å². The summed E-state index contributed by atoms with van der Waals surface area (Å²) in [6.45, 7) is 9.43. The highest BCUT2D eigenvalue weighted by Gasteiger charge is 2.12. The molecule has 5 nitrogen and oxygen atoms in total. The number of carbonyl (C=O) groups is 1. The molecule has 0 aliphatic heterocycles. The van der Waals surface area contributed by atoms with Crippen LogP contribution in [0.1, 0.15) is 36.2 Å². The lowest BCUT2D eigenvalue weighted by molar-refractivity contribution is -0.116. The highest BCUT2D eigenvalue weighted by molar-refractivity contribution is 6.31. The van der Waals surface area contributed by atoms with Gasteiger partial charge in [0, 0.05) is 24.7 Å². The number of benzene rings is 1. The third-order valence-corrected chi connectivity index (χ3v) is 4.58. The van der Waals surface area contributed by atoms with Crippen molar-refractivity contribution in [2.75, 3.05) is 13.7 Å². The van der Waals surface area contributed by atoms with E-state index in [1.165, 1.54) is 11.6 Å². The number of nitrogens with one attached hydrogen (secondary N) is 1. The van der Waals surface area contributed by atoms with Gasteiger partial charge in [0.25, 0.3) is 0 Å². The summed E-state index contributed by atoms with van der Waals surface area (Å²) < 4.78 is 7.15. The van der Waals surface area contributed by atoms with Gasteiger partial charge >= 0.3 is 0 Å². The number of aryl methyl sites for hydroxylation is 2. The number of rotatable bonds is 8. The van der Waals surface area contributed by atoms with Crippen molar-refractivity contribution in [1.82, 2.24) is 15.1 Å². The van der Waals surface area contributed by atoms with Crippen LogP contribution in [-0.4, -0.2) is 29.3 Å². The highest BCUT2D eigenvalue weighted by Crippen LogP contribution is 2.22. The van der Waals surface area contributed by atoms with Gasteiger partial charge in [-0.3, -0.25) is 9.48 Å². The summed E-state index contributed by atoms with van der Waals surface area (Å²) in [5.74, 6) is 1.12. The molecule has 0 aliphatic carbocycles. The summed E-state index contributed by atoms with van der Waals surface area (Å²) in [5.41, 5.74) is 3.85.